The molecule has 1 aliphatic heterocycles. The van der Waals surface area contributed by atoms with Crippen LogP contribution < -0.4 is 5.32 Å². The first kappa shape index (κ1) is 14.0. The van der Waals surface area contributed by atoms with Crippen LogP contribution in [-0.4, -0.2) is 29.7 Å². The van der Waals surface area contributed by atoms with Crippen LogP contribution in [0.15, 0.2) is 22.7 Å². The molecular formula is C13H14BrNO4. The second kappa shape index (κ2) is 5.71. The summed E-state index contributed by atoms with van der Waals surface area (Å²) in [5, 5.41) is 11.6. The Labute approximate surface area is 119 Å². The number of benzene rings is 1. The Kier molecular flexibility index (Phi) is 4.21. The number of carboxylic acids is 1. The van der Waals surface area contributed by atoms with Crippen molar-refractivity contribution in [3.05, 3.63) is 28.2 Å². The molecule has 2 N–H and O–H groups in total. The minimum Gasteiger partial charge on any atom is -0.478 e. The molecule has 1 heterocycles. The van der Waals surface area contributed by atoms with Crippen molar-refractivity contribution in [1.29, 1.82) is 0 Å². The van der Waals surface area contributed by atoms with Crippen LogP contribution >= 0.6 is 15.9 Å². The molecule has 0 aliphatic carbocycles. The van der Waals surface area contributed by atoms with E-state index < -0.39 is 5.97 Å². The number of halogens is 1. The van der Waals surface area contributed by atoms with Crippen LogP contribution in [0.1, 0.15) is 23.7 Å². The van der Waals surface area contributed by atoms with E-state index in [1.54, 1.807) is 6.07 Å². The summed E-state index contributed by atoms with van der Waals surface area (Å²) in [7, 11) is 0. The van der Waals surface area contributed by atoms with Crippen molar-refractivity contribution in [3.63, 3.8) is 0 Å². The highest BCUT2D eigenvalue weighted by Gasteiger charge is 2.28. The van der Waals surface area contributed by atoms with Gasteiger partial charge in [0, 0.05) is 4.47 Å². The van der Waals surface area contributed by atoms with Crippen LogP contribution in [0.3, 0.4) is 0 Å². The molecule has 2 unspecified atom stereocenters. The fourth-order valence-corrected chi connectivity index (χ4v) is 2.46. The predicted octanol–water partition coefficient (Wildman–Crippen LogP) is 2.51. The maximum absolute atomic E-state index is 12.0. The highest BCUT2D eigenvalue weighted by Crippen LogP contribution is 2.26. The van der Waals surface area contributed by atoms with Gasteiger partial charge in [-0.25, -0.2) is 4.79 Å². The van der Waals surface area contributed by atoms with Gasteiger partial charge in [-0.1, -0.05) is 0 Å². The summed E-state index contributed by atoms with van der Waals surface area (Å²) in [6, 6.07) is 4.49. The van der Waals surface area contributed by atoms with Gasteiger partial charge < -0.3 is 15.2 Å². The molecule has 0 spiro atoms. The Morgan fingerprint density at radius 1 is 1.47 bits per heavy atom. The molecule has 19 heavy (non-hydrogen) atoms. The Bertz CT molecular complexity index is 517. The molecule has 2 atom stereocenters. The SMILES string of the molecule is CC1CC(C(=O)Nc2ccc(C(=O)O)cc2Br)CO1. The van der Waals surface area contributed by atoms with Gasteiger partial charge in [0.2, 0.25) is 5.91 Å². The summed E-state index contributed by atoms with van der Waals surface area (Å²) < 4.78 is 5.90. The number of carboxylic acid groups (broad SMARTS) is 1. The highest BCUT2D eigenvalue weighted by molar-refractivity contribution is 9.10. The average Bonchev–Trinajstić information content (AvgIpc) is 2.78. The van der Waals surface area contributed by atoms with Gasteiger partial charge in [-0.2, -0.15) is 0 Å². The maximum Gasteiger partial charge on any atom is 0.335 e. The zero-order valence-corrected chi connectivity index (χ0v) is 11.9. The Balaban J connectivity index is 2.07. The number of carbonyl (C=O) groups is 2. The highest BCUT2D eigenvalue weighted by atomic mass is 79.9. The molecule has 102 valence electrons. The quantitative estimate of drug-likeness (QED) is 0.894. The molecule has 6 heteroatoms. The van der Waals surface area contributed by atoms with Gasteiger partial charge in [0.25, 0.3) is 0 Å². The molecule has 0 saturated carbocycles. The second-order valence-corrected chi connectivity index (χ2v) is 5.42. The van der Waals surface area contributed by atoms with Crippen molar-refractivity contribution in [2.75, 3.05) is 11.9 Å². The van der Waals surface area contributed by atoms with Crippen molar-refractivity contribution in [3.8, 4) is 0 Å². The summed E-state index contributed by atoms with van der Waals surface area (Å²) in [5.41, 5.74) is 0.734. The van der Waals surface area contributed by atoms with Crippen molar-refractivity contribution >= 4 is 33.5 Å². The van der Waals surface area contributed by atoms with E-state index in [9.17, 15) is 9.59 Å². The fraction of sp³-hybridized carbons (Fsp3) is 0.385. The van der Waals surface area contributed by atoms with E-state index in [2.05, 4.69) is 21.2 Å². The lowest BCUT2D eigenvalue weighted by Crippen LogP contribution is -2.23. The Morgan fingerprint density at radius 2 is 2.21 bits per heavy atom. The molecule has 0 radical (unpaired) electrons. The molecule has 0 bridgehead atoms. The van der Waals surface area contributed by atoms with Crippen LogP contribution in [-0.2, 0) is 9.53 Å². The van der Waals surface area contributed by atoms with Crippen molar-refractivity contribution in [2.45, 2.75) is 19.4 Å². The van der Waals surface area contributed by atoms with Gasteiger partial charge in [0.1, 0.15) is 0 Å². The summed E-state index contributed by atoms with van der Waals surface area (Å²) in [6.07, 6.45) is 0.810. The molecular weight excluding hydrogens is 314 g/mol. The smallest absolute Gasteiger partial charge is 0.335 e. The fourth-order valence-electron chi connectivity index (χ4n) is 1.98. The zero-order valence-electron chi connectivity index (χ0n) is 10.4. The zero-order chi connectivity index (χ0) is 14.0. The first-order valence-electron chi connectivity index (χ1n) is 5.92. The van der Waals surface area contributed by atoms with Crippen molar-refractivity contribution in [2.24, 2.45) is 5.92 Å². The molecule has 0 aromatic heterocycles. The van der Waals surface area contributed by atoms with Crippen LogP contribution in [0.4, 0.5) is 5.69 Å². The largest absolute Gasteiger partial charge is 0.478 e. The van der Waals surface area contributed by atoms with Crippen LogP contribution in [0, 0.1) is 5.92 Å². The van der Waals surface area contributed by atoms with Crippen LogP contribution in [0.25, 0.3) is 0 Å². The van der Waals surface area contributed by atoms with Crippen molar-refractivity contribution in [1.82, 2.24) is 0 Å². The number of anilines is 1. The number of rotatable bonds is 3. The molecule has 1 fully saturated rings. The second-order valence-electron chi connectivity index (χ2n) is 4.57. The van der Waals surface area contributed by atoms with E-state index in [0.717, 1.165) is 0 Å². The number of carbonyl (C=O) groups excluding carboxylic acids is 1. The topological polar surface area (TPSA) is 75.6 Å². The van der Waals surface area contributed by atoms with Gasteiger partial charge in [-0.3, -0.25) is 4.79 Å². The predicted molar refractivity (Wildman–Crippen MR) is 73.3 cm³/mol. The molecule has 1 saturated heterocycles. The number of nitrogens with one attached hydrogen (secondary N) is 1. The number of hydrogen-bond donors (Lipinski definition) is 2. The summed E-state index contributed by atoms with van der Waals surface area (Å²) in [5.74, 6) is -1.26. The van der Waals surface area contributed by atoms with Gasteiger partial charge in [-0.05, 0) is 47.5 Å². The first-order chi connectivity index (χ1) is 8.97. The number of aromatic carboxylic acids is 1. The number of amides is 1. The average molecular weight is 328 g/mol. The van der Waals surface area contributed by atoms with Gasteiger partial charge >= 0.3 is 5.97 Å². The third-order valence-electron chi connectivity index (χ3n) is 3.04. The van der Waals surface area contributed by atoms with Gasteiger partial charge in [-0.15, -0.1) is 0 Å². The summed E-state index contributed by atoms with van der Waals surface area (Å²) >= 11 is 3.26. The van der Waals surface area contributed by atoms with E-state index >= 15 is 0 Å². The van der Waals surface area contributed by atoms with E-state index in [1.165, 1.54) is 12.1 Å². The maximum atomic E-state index is 12.0. The summed E-state index contributed by atoms with van der Waals surface area (Å²) in [4.78, 5) is 22.8. The molecule has 1 amide bonds. The van der Waals surface area contributed by atoms with E-state index in [4.69, 9.17) is 9.84 Å². The normalized spacial score (nSPS) is 22.2. The third kappa shape index (κ3) is 3.33. The molecule has 2 rings (SSSR count). The van der Waals surface area contributed by atoms with Crippen molar-refractivity contribution < 1.29 is 19.4 Å². The van der Waals surface area contributed by atoms with E-state index in [-0.39, 0.29) is 23.5 Å². The van der Waals surface area contributed by atoms with Gasteiger partial charge in [0.15, 0.2) is 0 Å². The van der Waals surface area contributed by atoms with Crippen LogP contribution in [0.2, 0.25) is 0 Å². The lowest BCUT2D eigenvalue weighted by atomic mass is 10.1. The third-order valence-corrected chi connectivity index (χ3v) is 3.70. The Morgan fingerprint density at radius 3 is 2.74 bits per heavy atom. The van der Waals surface area contributed by atoms with Crippen LogP contribution in [0.5, 0.6) is 0 Å². The molecule has 1 aromatic rings. The monoisotopic (exact) mass is 327 g/mol. The molecule has 1 aromatic carbocycles. The Hall–Kier alpha value is -1.40. The number of ether oxygens (including phenoxy) is 1. The lowest BCUT2D eigenvalue weighted by molar-refractivity contribution is -0.119. The first-order valence-corrected chi connectivity index (χ1v) is 6.72. The minimum absolute atomic E-state index is 0.104. The van der Waals surface area contributed by atoms with E-state index in [0.29, 0.717) is 23.2 Å². The minimum atomic E-state index is -1.00. The standard InChI is InChI=1S/C13H14BrNO4/c1-7-4-9(6-19-7)12(16)15-11-3-2-8(13(17)18)5-10(11)14/h2-3,5,7,9H,4,6H2,1H3,(H,15,16)(H,17,18). The van der Waals surface area contributed by atoms with E-state index in [1.807, 2.05) is 6.92 Å². The molecule has 1 aliphatic rings. The molecule has 5 nitrogen and oxygen atoms in total. The lowest BCUT2D eigenvalue weighted by Gasteiger charge is -2.11. The van der Waals surface area contributed by atoms with Gasteiger partial charge in [0.05, 0.1) is 29.9 Å². The number of hydrogen-bond acceptors (Lipinski definition) is 3. The summed E-state index contributed by atoms with van der Waals surface area (Å²) in [6.45, 7) is 2.36.